The number of benzene rings is 3. The average molecular weight is 546 g/mol. The van der Waals surface area contributed by atoms with Crippen LogP contribution in [0.15, 0.2) is 84.3 Å². The van der Waals surface area contributed by atoms with Crippen LogP contribution < -0.4 is 24.8 Å². The van der Waals surface area contributed by atoms with Crippen LogP contribution in [-0.2, 0) is 11.4 Å². The molecule has 1 aromatic heterocycles. The van der Waals surface area contributed by atoms with Crippen molar-refractivity contribution >= 4 is 29.1 Å². The second kappa shape index (κ2) is 11.5. The summed E-state index contributed by atoms with van der Waals surface area (Å²) < 4.78 is 19.1. The molecule has 0 saturated heterocycles. The number of aromatic nitrogens is 3. The van der Waals surface area contributed by atoms with E-state index in [1.807, 2.05) is 68.4 Å². The summed E-state index contributed by atoms with van der Waals surface area (Å²) >= 11 is 6.31. The number of allylic oxidation sites excluding steroid dienone is 1. The van der Waals surface area contributed by atoms with Gasteiger partial charge in [0, 0.05) is 16.3 Å². The molecule has 0 radical (unpaired) electrons. The zero-order valence-electron chi connectivity index (χ0n) is 21.8. The molecule has 9 nitrogen and oxygen atoms in total. The van der Waals surface area contributed by atoms with Gasteiger partial charge in [-0.15, -0.1) is 0 Å². The first-order chi connectivity index (χ1) is 19.0. The topological polar surface area (TPSA) is 99.5 Å². The van der Waals surface area contributed by atoms with E-state index in [1.165, 1.54) is 6.33 Å². The predicted molar refractivity (Wildman–Crippen MR) is 150 cm³/mol. The van der Waals surface area contributed by atoms with Gasteiger partial charge in [0.2, 0.25) is 5.95 Å². The number of methoxy groups -OCH3 is 1. The van der Waals surface area contributed by atoms with E-state index < -0.39 is 6.04 Å². The molecular weight excluding hydrogens is 518 g/mol. The van der Waals surface area contributed by atoms with Crippen LogP contribution >= 0.6 is 11.6 Å². The summed E-state index contributed by atoms with van der Waals surface area (Å²) in [7, 11) is 1.56. The van der Waals surface area contributed by atoms with Gasteiger partial charge in [-0.05, 0) is 49.7 Å². The second-order valence-electron chi connectivity index (χ2n) is 8.77. The van der Waals surface area contributed by atoms with Crippen LogP contribution in [0.5, 0.6) is 17.2 Å². The Morgan fingerprint density at radius 3 is 2.64 bits per heavy atom. The summed E-state index contributed by atoms with van der Waals surface area (Å²) in [6, 6.07) is 19.8. The summed E-state index contributed by atoms with van der Waals surface area (Å²) in [6.07, 6.45) is 1.45. The van der Waals surface area contributed by atoms with Crippen molar-refractivity contribution in [2.45, 2.75) is 26.5 Å². The summed E-state index contributed by atoms with van der Waals surface area (Å²) in [4.78, 5) is 18.1. The highest BCUT2D eigenvalue weighted by atomic mass is 35.5. The van der Waals surface area contributed by atoms with Crippen LogP contribution in [0.25, 0.3) is 0 Å². The Balaban J connectivity index is 1.50. The van der Waals surface area contributed by atoms with E-state index in [1.54, 1.807) is 23.9 Å². The molecule has 1 atom stereocenters. The number of carbonyl (C=O) groups excluding carboxylic acids is 1. The Kier molecular flexibility index (Phi) is 7.69. The Labute approximate surface area is 231 Å². The minimum Gasteiger partial charge on any atom is -0.495 e. The minimum absolute atomic E-state index is 0.283. The lowest BCUT2D eigenvalue weighted by Crippen LogP contribution is -2.31. The zero-order valence-corrected chi connectivity index (χ0v) is 22.5. The normalized spacial score (nSPS) is 14.3. The van der Waals surface area contributed by atoms with Gasteiger partial charge in [0.15, 0.2) is 11.5 Å². The van der Waals surface area contributed by atoms with Crippen molar-refractivity contribution < 1.29 is 19.0 Å². The van der Waals surface area contributed by atoms with Crippen molar-refractivity contribution in [3.05, 3.63) is 100 Å². The minimum atomic E-state index is -0.574. The highest BCUT2D eigenvalue weighted by Gasteiger charge is 2.34. The largest absolute Gasteiger partial charge is 0.495 e. The maximum atomic E-state index is 13.7. The second-order valence-corrected chi connectivity index (χ2v) is 9.18. The fourth-order valence-corrected chi connectivity index (χ4v) is 4.67. The number of hydrogen-bond acceptors (Lipinski definition) is 7. The van der Waals surface area contributed by atoms with Crippen LogP contribution in [0.1, 0.15) is 31.0 Å². The number of amides is 1. The van der Waals surface area contributed by atoms with Crippen molar-refractivity contribution in [1.82, 2.24) is 14.8 Å². The van der Waals surface area contributed by atoms with E-state index in [4.69, 9.17) is 25.8 Å². The van der Waals surface area contributed by atoms with E-state index in [-0.39, 0.29) is 12.5 Å². The highest BCUT2D eigenvalue weighted by molar-refractivity contribution is 6.31. The molecule has 2 heterocycles. The van der Waals surface area contributed by atoms with Gasteiger partial charge in [-0.3, -0.25) is 4.79 Å². The fraction of sp³-hybridized carbons (Fsp3) is 0.207. The van der Waals surface area contributed by atoms with Gasteiger partial charge in [-0.1, -0.05) is 48.0 Å². The van der Waals surface area contributed by atoms with E-state index >= 15 is 0 Å². The number of nitrogens with one attached hydrogen (secondary N) is 2. The molecule has 4 aromatic rings. The van der Waals surface area contributed by atoms with Crippen molar-refractivity contribution in [3.63, 3.8) is 0 Å². The maximum Gasteiger partial charge on any atom is 0.255 e. The van der Waals surface area contributed by atoms with E-state index in [2.05, 4.69) is 20.7 Å². The Hall–Kier alpha value is -4.50. The third-order valence-corrected chi connectivity index (χ3v) is 6.69. The molecule has 0 aliphatic carbocycles. The SMILES string of the molecule is CCOc1cc([C@H]2C(C(=O)Nc3ccccc3OC)=C(C)Nc3ncnn32)ccc1OCc1ccccc1Cl. The van der Waals surface area contributed by atoms with Crippen LogP contribution in [0.2, 0.25) is 5.02 Å². The summed E-state index contributed by atoms with van der Waals surface area (Å²) in [5.41, 5.74) is 3.34. The van der Waals surface area contributed by atoms with Crippen LogP contribution in [0.4, 0.5) is 11.6 Å². The van der Waals surface area contributed by atoms with Crippen LogP contribution in [-0.4, -0.2) is 34.4 Å². The monoisotopic (exact) mass is 545 g/mol. The molecular formula is C29H28ClN5O4. The summed E-state index contributed by atoms with van der Waals surface area (Å²) in [5.74, 6) is 1.90. The maximum absolute atomic E-state index is 13.7. The number of anilines is 2. The number of nitrogens with zero attached hydrogens (tertiary/aromatic N) is 3. The van der Waals surface area contributed by atoms with Gasteiger partial charge in [-0.25, -0.2) is 4.68 Å². The lowest BCUT2D eigenvalue weighted by Gasteiger charge is -2.29. The standard InChI is InChI=1S/C29H28ClN5O4/c1-4-38-25-15-19(13-14-24(25)39-16-20-9-5-6-10-21(20)30)27-26(18(2)33-29-31-17-32-35(27)29)28(36)34-22-11-7-8-12-23(22)37-3/h5-15,17,27H,4,16H2,1-3H3,(H,34,36)(H,31,32,33)/t27-/m0/s1. The number of ether oxygens (including phenoxy) is 3. The van der Waals surface area contributed by atoms with Gasteiger partial charge < -0.3 is 24.8 Å². The number of para-hydroxylation sites is 2. The fourth-order valence-electron chi connectivity index (χ4n) is 4.48. The first kappa shape index (κ1) is 26.1. The quantitative estimate of drug-likeness (QED) is 0.272. The molecule has 0 unspecified atom stereocenters. The summed E-state index contributed by atoms with van der Waals surface area (Å²) in [6.45, 7) is 4.46. The molecule has 200 valence electrons. The first-order valence-corrected chi connectivity index (χ1v) is 12.8. The number of hydrogen-bond donors (Lipinski definition) is 2. The molecule has 10 heteroatoms. The number of halogens is 1. The van der Waals surface area contributed by atoms with Crippen LogP contribution in [0, 0.1) is 0 Å². The smallest absolute Gasteiger partial charge is 0.255 e. The number of carbonyl (C=O) groups is 1. The molecule has 2 N–H and O–H groups in total. The molecule has 5 rings (SSSR count). The molecule has 0 fully saturated rings. The Morgan fingerprint density at radius 1 is 1.05 bits per heavy atom. The molecule has 0 spiro atoms. The summed E-state index contributed by atoms with van der Waals surface area (Å²) in [5, 5.41) is 11.2. The molecule has 39 heavy (non-hydrogen) atoms. The van der Waals surface area contributed by atoms with E-state index in [0.29, 0.717) is 51.8 Å². The van der Waals surface area contributed by atoms with Crippen molar-refractivity contribution in [1.29, 1.82) is 0 Å². The Bertz CT molecular complexity index is 1530. The van der Waals surface area contributed by atoms with Gasteiger partial charge in [-0.2, -0.15) is 10.1 Å². The number of fused-ring (bicyclic) bond motifs is 1. The lowest BCUT2D eigenvalue weighted by molar-refractivity contribution is -0.113. The van der Waals surface area contributed by atoms with Gasteiger partial charge in [0.1, 0.15) is 24.7 Å². The lowest BCUT2D eigenvalue weighted by atomic mass is 9.94. The van der Waals surface area contributed by atoms with Gasteiger partial charge in [0.25, 0.3) is 5.91 Å². The first-order valence-electron chi connectivity index (χ1n) is 12.4. The number of rotatable bonds is 9. The molecule has 0 saturated carbocycles. The van der Waals surface area contributed by atoms with Crippen molar-refractivity contribution in [2.75, 3.05) is 24.4 Å². The van der Waals surface area contributed by atoms with Crippen LogP contribution in [0.3, 0.4) is 0 Å². The van der Waals surface area contributed by atoms with Gasteiger partial charge in [0.05, 0.1) is 25.0 Å². The molecule has 3 aromatic carbocycles. The molecule has 1 aliphatic rings. The highest BCUT2D eigenvalue weighted by Crippen LogP contribution is 2.39. The van der Waals surface area contributed by atoms with Gasteiger partial charge >= 0.3 is 0 Å². The zero-order chi connectivity index (χ0) is 27.4. The average Bonchev–Trinajstić information content (AvgIpc) is 3.41. The van der Waals surface area contributed by atoms with Crippen molar-refractivity contribution in [3.8, 4) is 17.2 Å². The van der Waals surface area contributed by atoms with E-state index in [9.17, 15) is 4.79 Å². The molecule has 1 aliphatic heterocycles. The third-order valence-electron chi connectivity index (χ3n) is 6.32. The molecule has 1 amide bonds. The molecule has 0 bridgehead atoms. The predicted octanol–water partition coefficient (Wildman–Crippen LogP) is 5.85. The van der Waals surface area contributed by atoms with E-state index in [0.717, 1.165) is 11.1 Å². The Morgan fingerprint density at radius 2 is 1.85 bits per heavy atom. The third kappa shape index (κ3) is 5.39. The van der Waals surface area contributed by atoms with Crippen molar-refractivity contribution in [2.24, 2.45) is 0 Å².